The molecule has 1 N–H and O–H groups in total. The molecule has 0 radical (unpaired) electrons. The van der Waals surface area contributed by atoms with Crippen molar-refractivity contribution in [1.29, 1.82) is 0 Å². The van der Waals surface area contributed by atoms with E-state index in [4.69, 9.17) is 0 Å². The first-order valence-electron chi connectivity index (χ1n) is 5.49. The molecule has 0 aromatic heterocycles. The van der Waals surface area contributed by atoms with Gasteiger partial charge in [0.25, 0.3) is 0 Å². The quantitative estimate of drug-likeness (QED) is 0.664. The molecule has 0 spiro atoms. The van der Waals surface area contributed by atoms with Gasteiger partial charge in [-0.15, -0.1) is 0 Å². The molecule has 0 aliphatic rings. The average Bonchev–Trinajstić information content (AvgIpc) is 2.33. The van der Waals surface area contributed by atoms with Crippen LogP contribution in [0.25, 0.3) is 0 Å². The highest BCUT2D eigenvalue weighted by atomic mass is 19.4. The Balaban J connectivity index is 3.02. The summed E-state index contributed by atoms with van der Waals surface area (Å²) in [6, 6.07) is 4.48. The number of hydrogen-bond acceptors (Lipinski definition) is 4. The van der Waals surface area contributed by atoms with Crippen LogP contribution in [0.4, 0.5) is 30.2 Å². The van der Waals surface area contributed by atoms with Gasteiger partial charge in [-0.1, -0.05) is 6.07 Å². The summed E-state index contributed by atoms with van der Waals surface area (Å²) in [4.78, 5) is 11.6. The molecular formula is C11H14F3N3O2. The molecule has 0 aliphatic carbocycles. The summed E-state index contributed by atoms with van der Waals surface area (Å²) in [5.41, 5.74) is 0.192. The van der Waals surface area contributed by atoms with Gasteiger partial charge in [-0.05, 0) is 12.1 Å². The van der Waals surface area contributed by atoms with Gasteiger partial charge in [-0.2, -0.15) is 13.2 Å². The lowest BCUT2D eigenvalue weighted by molar-refractivity contribution is -0.383. The molecule has 0 unspecified atom stereocenters. The number of alkyl halides is 3. The molecule has 8 heteroatoms. The normalized spacial score (nSPS) is 11.2. The van der Waals surface area contributed by atoms with E-state index in [2.05, 4.69) is 5.32 Å². The zero-order chi connectivity index (χ0) is 14.6. The van der Waals surface area contributed by atoms with E-state index in [-0.39, 0.29) is 23.6 Å². The number of nitro groups is 1. The highest BCUT2D eigenvalue weighted by Crippen LogP contribution is 2.35. The first-order valence-corrected chi connectivity index (χ1v) is 5.49. The summed E-state index contributed by atoms with van der Waals surface area (Å²) in [7, 11) is 2.91. The molecule has 0 aliphatic heterocycles. The molecule has 0 heterocycles. The Kier molecular flexibility index (Phi) is 4.57. The number of anilines is 2. The zero-order valence-electron chi connectivity index (χ0n) is 10.5. The lowest BCUT2D eigenvalue weighted by atomic mass is 10.2. The van der Waals surface area contributed by atoms with Gasteiger partial charge in [0.1, 0.15) is 11.4 Å². The van der Waals surface area contributed by atoms with E-state index < -0.39 is 17.5 Å². The topological polar surface area (TPSA) is 58.4 Å². The lowest BCUT2D eigenvalue weighted by Gasteiger charge is -2.20. The summed E-state index contributed by atoms with van der Waals surface area (Å²) in [6.45, 7) is -0.336. The van der Waals surface area contributed by atoms with Crippen LogP contribution >= 0.6 is 0 Å². The van der Waals surface area contributed by atoms with Crippen molar-refractivity contribution in [2.75, 3.05) is 30.9 Å². The fraction of sp³-hybridized carbons (Fsp3) is 0.455. The number of nitrogens with zero attached hydrogens (tertiary/aromatic N) is 2. The van der Waals surface area contributed by atoms with Crippen molar-refractivity contribution in [3.05, 3.63) is 28.3 Å². The first-order chi connectivity index (χ1) is 8.76. The van der Waals surface area contributed by atoms with E-state index in [1.807, 2.05) is 0 Å². The van der Waals surface area contributed by atoms with Crippen molar-refractivity contribution in [1.82, 2.24) is 0 Å². The predicted molar refractivity (Wildman–Crippen MR) is 66.6 cm³/mol. The van der Waals surface area contributed by atoms with Crippen molar-refractivity contribution < 1.29 is 18.1 Å². The second-order valence-corrected chi connectivity index (χ2v) is 3.97. The summed E-state index contributed by atoms with van der Waals surface area (Å²) in [6.07, 6.45) is -5.31. The van der Waals surface area contributed by atoms with Gasteiger partial charge in [0.15, 0.2) is 0 Å². The van der Waals surface area contributed by atoms with Crippen LogP contribution in [0.5, 0.6) is 0 Å². The average molecular weight is 277 g/mol. The molecule has 0 atom stereocenters. The SMILES string of the molecule is CNc1cccc(N(C)CCC(F)(F)F)c1[N+](=O)[O-]. The molecule has 0 saturated carbocycles. The summed E-state index contributed by atoms with van der Waals surface area (Å²) >= 11 is 0. The maximum Gasteiger partial charge on any atom is 0.390 e. The van der Waals surface area contributed by atoms with Crippen molar-refractivity contribution in [3.63, 3.8) is 0 Å². The third-order valence-electron chi connectivity index (χ3n) is 2.61. The number of nitro benzene ring substituents is 1. The number of rotatable bonds is 5. The number of halogens is 3. The van der Waals surface area contributed by atoms with Gasteiger partial charge < -0.3 is 10.2 Å². The van der Waals surface area contributed by atoms with Crippen molar-refractivity contribution >= 4 is 17.1 Å². The van der Waals surface area contributed by atoms with Crippen LogP contribution in [-0.2, 0) is 0 Å². The van der Waals surface area contributed by atoms with Gasteiger partial charge >= 0.3 is 11.9 Å². The van der Waals surface area contributed by atoms with Crippen molar-refractivity contribution in [2.45, 2.75) is 12.6 Å². The van der Waals surface area contributed by atoms with E-state index in [9.17, 15) is 23.3 Å². The molecule has 0 amide bonds. The van der Waals surface area contributed by atoms with Gasteiger partial charge in [0, 0.05) is 20.6 Å². The van der Waals surface area contributed by atoms with E-state index in [1.165, 1.54) is 31.1 Å². The van der Waals surface area contributed by atoms with Crippen LogP contribution in [0, 0.1) is 10.1 Å². The molecule has 19 heavy (non-hydrogen) atoms. The number of benzene rings is 1. The van der Waals surface area contributed by atoms with Gasteiger partial charge in [-0.25, -0.2) is 0 Å². The Bertz CT molecular complexity index is 463. The minimum absolute atomic E-state index is 0.154. The van der Waals surface area contributed by atoms with Crippen LogP contribution in [0.1, 0.15) is 6.42 Å². The Hall–Kier alpha value is -1.99. The highest BCUT2D eigenvalue weighted by molar-refractivity contribution is 5.76. The second-order valence-electron chi connectivity index (χ2n) is 3.97. The Labute approximate surface area is 108 Å². The molecule has 1 rings (SSSR count). The number of para-hydroxylation sites is 1. The van der Waals surface area contributed by atoms with E-state index in [1.54, 1.807) is 6.07 Å². The second kappa shape index (κ2) is 5.77. The molecule has 1 aromatic carbocycles. The van der Waals surface area contributed by atoms with Gasteiger partial charge in [0.2, 0.25) is 0 Å². The molecule has 0 bridgehead atoms. The summed E-state index contributed by atoms with van der Waals surface area (Å²) in [5, 5.41) is 13.7. The third kappa shape index (κ3) is 4.01. The summed E-state index contributed by atoms with van der Waals surface area (Å²) in [5.74, 6) is 0. The van der Waals surface area contributed by atoms with Crippen LogP contribution in [0.2, 0.25) is 0 Å². The largest absolute Gasteiger partial charge is 0.390 e. The monoisotopic (exact) mass is 277 g/mol. The van der Waals surface area contributed by atoms with Crippen LogP contribution < -0.4 is 10.2 Å². The Morgan fingerprint density at radius 1 is 1.42 bits per heavy atom. The van der Waals surface area contributed by atoms with Gasteiger partial charge in [0.05, 0.1) is 11.3 Å². The fourth-order valence-electron chi connectivity index (χ4n) is 1.65. The number of hydrogen-bond donors (Lipinski definition) is 1. The zero-order valence-corrected chi connectivity index (χ0v) is 10.5. The minimum atomic E-state index is -4.29. The van der Waals surface area contributed by atoms with Gasteiger partial charge in [-0.3, -0.25) is 10.1 Å². The van der Waals surface area contributed by atoms with Crippen LogP contribution in [0.15, 0.2) is 18.2 Å². The Morgan fingerprint density at radius 3 is 2.53 bits per heavy atom. The first kappa shape index (κ1) is 15.1. The van der Waals surface area contributed by atoms with E-state index in [0.29, 0.717) is 0 Å². The number of nitrogens with one attached hydrogen (secondary N) is 1. The molecule has 1 aromatic rings. The van der Waals surface area contributed by atoms with Crippen molar-refractivity contribution in [3.8, 4) is 0 Å². The molecule has 0 fully saturated rings. The third-order valence-corrected chi connectivity index (χ3v) is 2.61. The van der Waals surface area contributed by atoms with E-state index >= 15 is 0 Å². The lowest BCUT2D eigenvalue weighted by Crippen LogP contribution is -2.24. The van der Waals surface area contributed by atoms with E-state index in [0.717, 1.165) is 0 Å². The van der Waals surface area contributed by atoms with Crippen LogP contribution in [-0.4, -0.2) is 31.7 Å². The Morgan fingerprint density at radius 2 is 2.05 bits per heavy atom. The molecular weight excluding hydrogens is 263 g/mol. The molecule has 106 valence electrons. The van der Waals surface area contributed by atoms with Crippen LogP contribution in [0.3, 0.4) is 0 Å². The molecule has 0 saturated heterocycles. The maximum absolute atomic E-state index is 12.2. The maximum atomic E-state index is 12.2. The highest BCUT2D eigenvalue weighted by Gasteiger charge is 2.29. The minimum Gasteiger partial charge on any atom is -0.382 e. The molecule has 5 nitrogen and oxygen atoms in total. The summed E-state index contributed by atoms with van der Waals surface area (Å²) < 4.78 is 36.5. The standard InChI is InChI=1S/C11H14F3N3O2/c1-15-8-4-3-5-9(10(8)17(18)19)16(2)7-6-11(12,13)14/h3-5,15H,6-7H2,1-2H3. The predicted octanol–water partition coefficient (Wildman–Crippen LogP) is 3.03. The smallest absolute Gasteiger partial charge is 0.382 e. The van der Waals surface area contributed by atoms with Crippen molar-refractivity contribution in [2.24, 2.45) is 0 Å². The fourth-order valence-corrected chi connectivity index (χ4v) is 1.65.